The van der Waals surface area contributed by atoms with E-state index >= 15 is 0 Å². The summed E-state index contributed by atoms with van der Waals surface area (Å²) in [6, 6.07) is 6.79. The van der Waals surface area contributed by atoms with E-state index in [4.69, 9.17) is 0 Å². The number of carbonyl (C=O) groups is 3. The quantitative estimate of drug-likeness (QED) is 0.391. The summed E-state index contributed by atoms with van der Waals surface area (Å²) in [7, 11) is 3.99. The van der Waals surface area contributed by atoms with E-state index in [1.807, 2.05) is 0 Å². The Labute approximate surface area is 127 Å². The number of hydrogen-bond acceptors (Lipinski definition) is 7. The number of methoxy groups -OCH3 is 2. The Balaban J connectivity index is 2.84. The number of rotatable bonds is 6. The predicted molar refractivity (Wildman–Crippen MR) is 78.7 cm³/mol. The van der Waals surface area contributed by atoms with Crippen LogP contribution in [0.3, 0.4) is 0 Å². The van der Waals surface area contributed by atoms with Gasteiger partial charge in [-0.1, -0.05) is 12.1 Å². The first-order valence-electron chi connectivity index (χ1n) is 6.24. The number of hydrogen-bond donors (Lipinski definition) is 3. The molecule has 0 aliphatic heterocycles. The fourth-order valence-electron chi connectivity index (χ4n) is 1.52. The number of hydrazine groups is 1. The SMILES string of the molecule is CNc1ccccc1C(=O)NN/C(=C/C(=O)OC)C(=O)OC. The minimum Gasteiger partial charge on any atom is -0.466 e. The molecule has 1 aromatic rings. The van der Waals surface area contributed by atoms with Gasteiger partial charge in [-0.2, -0.15) is 0 Å². The number of carbonyl (C=O) groups excluding carboxylic acids is 3. The maximum Gasteiger partial charge on any atom is 0.356 e. The van der Waals surface area contributed by atoms with Gasteiger partial charge in [-0.3, -0.25) is 15.6 Å². The van der Waals surface area contributed by atoms with Crippen LogP contribution in [0.25, 0.3) is 0 Å². The van der Waals surface area contributed by atoms with Gasteiger partial charge in [0.1, 0.15) is 5.70 Å². The van der Waals surface area contributed by atoms with Gasteiger partial charge >= 0.3 is 11.9 Å². The van der Waals surface area contributed by atoms with Crippen molar-refractivity contribution in [3.05, 3.63) is 41.6 Å². The van der Waals surface area contributed by atoms with Crippen LogP contribution in [0.4, 0.5) is 5.69 Å². The molecule has 0 aromatic heterocycles. The van der Waals surface area contributed by atoms with E-state index < -0.39 is 17.8 Å². The van der Waals surface area contributed by atoms with Crippen LogP contribution >= 0.6 is 0 Å². The summed E-state index contributed by atoms with van der Waals surface area (Å²) in [6.45, 7) is 0. The van der Waals surface area contributed by atoms with Crippen molar-refractivity contribution in [3.63, 3.8) is 0 Å². The van der Waals surface area contributed by atoms with E-state index in [2.05, 4.69) is 25.6 Å². The largest absolute Gasteiger partial charge is 0.466 e. The van der Waals surface area contributed by atoms with Gasteiger partial charge in [-0.15, -0.1) is 0 Å². The number of ether oxygens (including phenoxy) is 2. The highest BCUT2D eigenvalue weighted by atomic mass is 16.5. The van der Waals surface area contributed by atoms with Crippen LogP contribution in [0.2, 0.25) is 0 Å². The smallest absolute Gasteiger partial charge is 0.356 e. The zero-order valence-corrected chi connectivity index (χ0v) is 12.4. The van der Waals surface area contributed by atoms with E-state index in [9.17, 15) is 14.4 Å². The number of amides is 1. The molecule has 0 atom stereocenters. The summed E-state index contributed by atoms with van der Waals surface area (Å²) in [5, 5.41) is 2.87. The Morgan fingerprint density at radius 1 is 1.05 bits per heavy atom. The lowest BCUT2D eigenvalue weighted by Crippen LogP contribution is -2.40. The first-order valence-corrected chi connectivity index (χ1v) is 6.24. The molecule has 0 bridgehead atoms. The predicted octanol–water partition coefficient (Wildman–Crippen LogP) is 0.193. The molecule has 0 radical (unpaired) electrons. The zero-order chi connectivity index (χ0) is 16.5. The standard InChI is InChI=1S/C14H17N3O5/c1-15-10-7-5-4-6-9(10)13(19)17-16-11(14(20)22-3)8-12(18)21-2/h4-8,15-16H,1-3H3,(H,17,19)/b11-8+. The number of para-hydroxylation sites is 1. The second-order valence-corrected chi connectivity index (χ2v) is 3.95. The van der Waals surface area contributed by atoms with Crippen molar-refractivity contribution in [2.75, 3.05) is 26.6 Å². The van der Waals surface area contributed by atoms with Crippen molar-refractivity contribution in [2.45, 2.75) is 0 Å². The number of esters is 2. The first kappa shape index (κ1) is 17.0. The van der Waals surface area contributed by atoms with Crippen molar-refractivity contribution in [1.29, 1.82) is 0 Å². The van der Waals surface area contributed by atoms with Gasteiger partial charge in [0.15, 0.2) is 0 Å². The Morgan fingerprint density at radius 2 is 1.73 bits per heavy atom. The molecule has 3 N–H and O–H groups in total. The lowest BCUT2D eigenvalue weighted by atomic mass is 10.1. The number of benzene rings is 1. The number of nitrogens with one attached hydrogen (secondary N) is 3. The van der Waals surface area contributed by atoms with Gasteiger partial charge in [0.05, 0.1) is 25.9 Å². The summed E-state index contributed by atoms with van der Waals surface area (Å²) in [4.78, 5) is 34.8. The van der Waals surface area contributed by atoms with Gasteiger partial charge in [-0.25, -0.2) is 9.59 Å². The fraction of sp³-hybridized carbons (Fsp3) is 0.214. The summed E-state index contributed by atoms with van der Waals surface area (Å²) in [5.74, 6) is -2.09. The van der Waals surface area contributed by atoms with Crippen molar-refractivity contribution >= 4 is 23.5 Å². The third-order valence-corrected chi connectivity index (χ3v) is 2.62. The molecule has 0 unspecified atom stereocenters. The molecule has 1 aromatic carbocycles. The highest BCUT2D eigenvalue weighted by Gasteiger charge is 2.15. The Kier molecular flexibility index (Phi) is 6.42. The van der Waals surface area contributed by atoms with Gasteiger partial charge in [-0.05, 0) is 12.1 Å². The molecule has 1 rings (SSSR count). The number of anilines is 1. The van der Waals surface area contributed by atoms with Crippen LogP contribution in [0.5, 0.6) is 0 Å². The van der Waals surface area contributed by atoms with Gasteiger partial charge in [0.25, 0.3) is 5.91 Å². The van der Waals surface area contributed by atoms with Crippen LogP contribution in [0.15, 0.2) is 36.0 Å². The molecule has 0 aliphatic rings. The summed E-state index contributed by atoms with van der Waals surface area (Å²) in [5.41, 5.74) is 5.37. The third kappa shape index (κ3) is 4.51. The Hall–Kier alpha value is -3.03. The lowest BCUT2D eigenvalue weighted by Gasteiger charge is -2.12. The molecular formula is C14H17N3O5. The van der Waals surface area contributed by atoms with Crippen LogP contribution in [0.1, 0.15) is 10.4 Å². The van der Waals surface area contributed by atoms with Crippen molar-refractivity contribution < 1.29 is 23.9 Å². The minimum absolute atomic E-state index is 0.260. The van der Waals surface area contributed by atoms with Gasteiger partial charge in [0, 0.05) is 12.7 Å². The van der Waals surface area contributed by atoms with E-state index in [1.54, 1.807) is 31.3 Å². The molecule has 118 valence electrons. The first-order chi connectivity index (χ1) is 10.5. The monoisotopic (exact) mass is 307 g/mol. The molecule has 0 saturated carbocycles. The van der Waals surface area contributed by atoms with Crippen LogP contribution in [-0.2, 0) is 19.1 Å². The summed E-state index contributed by atoms with van der Waals surface area (Å²) >= 11 is 0. The van der Waals surface area contributed by atoms with Crippen LogP contribution < -0.4 is 16.2 Å². The second-order valence-electron chi connectivity index (χ2n) is 3.95. The lowest BCUT2D eigenvalue weighted by molar-refractivity contribution is -0.138. The molecule has 22 heavy (non-hydrogen) atoms. The second kappa shape index (κ2) is 8.30. The maximum atomic E-state index is 12.1. The van der Waals surface area contributed by atoms with Crippen molar-refractivity contribution in [1.82, 2.24) is 10.9 Å². The van der Waals surface area contributed by atoms with E-state index in [1.165, 1.54) is 0 Å². The van der Waals surface area contributed by atoms with E-state index in [0.717, 1.165) is 20.3 Å². The van der Waals surface area contributed by atoms with Crippen LogP contribution in [-0.4, -0.2) is 39.1 Å². The summed E-state index contributed by atoms with van der Waals surface area (Å²) in [6.07, 6.45) is 0.871. The molecule has 1 amide bonds. The van der Waals surface area contributed by atoms with Gasteiger partial charge < -0.3 is 14.8 Å². The average Bonchev–Trinajstić information content (AvgIpc) is 2.56. The third-order valence-electron chi connectivity index (χ3n) is 2.62. The molecular weight excluding hydrogens is 290 g/mol. The van der Waals surface area contributed by atoms with Crippen molar-refractivity contribution in [2.24, 2.45) is 0 Å². The fourth-order valence-corrected chi connectivity index (χ4v) is 1.52. The van der Waals surface area contributed by atoms with Crippen LogP contribution in [0, 0.1) is 0 Å². The zero-order valence-electron chi connectivity index (χ0n) is 12.4. The van der Waals surface area contributed by atoms with Crippen molar-refractivity contribution in [3.8, 4) is 0 Å². The Morgan fingerprint density at radius 3 is 2.32 bits per heavy atom. The normalized spacial score (nSPS) is 10.4. The van der Waals surface area contributed by atoms with E-state index in [-0.39, 0.29) is 5.70 Å². The van der Waals surface area contributed by atoms with E-state index in [0.29, 0.717) is 11.3 Å². The average molecular weight is 307 g/mol. The highest BCUT2D eigenvalue weighted by molar-refractivity contribution is 6.00. The molecule has 0 spiro atoms. The molecule has 8 heteroatoms. The minimum atomic E-state index is -0.826. The molecule has 0 fully saturated rings. The topological polar surface area (TPSA) is 106 Å². The molecule has 8 nitrogen and oxygen atoms in total. The highest BCUT2D eigenvalue weighted by Crippen LogP contribution is 2.13. The molecule has 0 aliphatic carbocycles. The maximum absolute atomic E-state index is 12.1. The molecule has 0 saturated heterocycles. The molecule has 0 heterocycles. The summed E-state index contributed by atoms with van der Waals surface area (Å²) < 4.78 is 8.92. The Bertz CT molecular complexity index is 598. The van der Waals surface area contributed by atoms with Gasteiger partial charge in [0.2, 0.25) is 0 Å².